The lowest BCUT2D eigenvalue weighted by atomic mass is 9.95. The minimum absolute atomic E-state index is 0.0207. The standard InChI is InChI=1S/C29H27N3O5S.C26H20N4O4S.C24H19N3O5S.C22H16N4O4/c1-2-37-29(36)24-21-9-5-6-10-23(21)38-28(24)32-31-25-20-8-4-3-7-18(20)15-22(26(25)34)27(35)30-19-13-11-17(16-33)12-14-19;1-34-18-10-11-22-21(13-18)28-26(35-22)30-29-23-19-5-3-2-4-16(19)12-20(24(23)32)25(33)27-17-8-6-15(14-31)7-9-17;1-32-24(31)22-19(10-11-33-22)26-27-20-17-5-3-2-4-15(17)12-18(21(20)29)23(30)25-16-8-6-14(13-28)7-9-16;1-13-10-19(26-30-13)24-25-20-17-5-3-2-4-15(17)11-18(21(20)28)22(29)23-16-8-6-14(12-27)7-9-16/h3-4,7-8,11-15,33-34H,2,5-6,9-10,16H2,1H3,(H,30,35);2-13,31-32H,14H2,1H3,(H,27,33);2-12,28-29H,13H2,1H3,(H,25,30);2-12,28H,1H3,(H,23,29). The van der Waals surface area contributed by atoms with Gasteiger partial charge in [-0.05, 0) is 192 Å². The molecule has 0 saturated carbocycles. The molecule has 0 atom stereocenters. The number of aliphatic hydroxyl groups excluding tert-OH is 3. The number of amides is 4. The molecule has 4 amide bonds. The highest BCUT2D eigenvalue weighted by Gasteiger charge is 2.29. The Morgan fingerprint density at radius 2 is 0.882 bits per heavy atom. The van der Waals surface area contributed by atoms with Gasteiger partial charge in [-0.1, -0.05) is 150 Å². The Balaban J connectivity index is 0.000000138. The number of carbonyl (C=O) groups is 7. The van der Waals surface area contributed by atoms with E-state index in [4.69, 9.17) is 18.7 Å². The molecule has 4 aromatic heterocycles. The van der Waals surface area contributed by atoms with E-state index in [0.717, 1.165) is 62.9 Å². The van der Waals surface area contributed by atoms with Gasteiger partial charge in [-0.2, -0.15) is 0 Å². The number of hydrogen-bond acceptors (Lipinski definition) is 31. The maximum absolute atomic E-state index is 13.2. The number of thiazole rings is 1. The van der Waals surface area contributed by atoms with Gasteiger partial charge in [0.2, 0.25) is 10.9 Å². The molecule has 0 fully saturated rings. The van der Waals surface area contributed by atoms with Crippen LogP contribution in [0.3, 0.4) is 0 Å². The van der Waals surface area contributed by atoms with Crippen molar-refractivity contribution in [2.75, 3.05) is 42.1 Å². The number of aldehydes is 1. The van der Waals surface area contributed by atoms with Crippen LogP contribution < -0.4 is 26.0 Å². The smallest absolute Gasteiger partial charge is 0.350 e. The number of esters is 2. The van der Waals surface area contributed by atoms with Gasteiger partial charge < -0.3 is 75.7 Å². The predicted octanol–water partition coefficient (Wildman–Crippen LogP) is 24.0. The fourth-order valence-corrected chi connectivity index (χ4v) is 17.1. The third-order valence-corrected chi connectivity index (χ3v) is 24.3. The number of ether oxygens (including phenoxy) is 3. The highest BCUT2D eigenvalue weighted by atomic mass is 32.1. The van der Waals surface area contributed by atoms with E-state index in [0.29, 0.717) is 111 Å². The number of carbonyl (C=O) groups excluding carboxylic acids is 7. The number of anilines is 4. The fraction of sp³-hybridized carbons (Fsp3) is 0.119. The van der Waals surface area contributed by atoms with E-state index < -0.39 is 35.6 Å². The average molecular weight is 1880 g/mol. The van der Waals surface area contributed by atoms with E-state index in [2.05, 4.69) is 72.3 Å². The topological polar surface area (TPSA) is 475 Å². The highest BCUT2D eigenvalue weighted by molar-refractivity contribution is 7.22. The second-order valence-electron chi connectivity index (χ2n) is 30.2. The van der Waals surface area contributed by atoms with Gasteiger partial charge in [-0.25, -0.2) is 14.6 Å². The number of thiophene rings is 2. The summed E-state index contributed by atoms with van der Waals surface area (Å²) in [5, 5.41) is 128. The first-order valence-corrected chi connectivity index (χ1v) is 44.5. The molecule has 11 N–H and O–H groups in total. The van der Waals surface area contributed by atoms with Crippen molar-refractivity contribution >= 4 is 196 Å². The summed E-state index contributed by atoms with van der Waals surface area (Å²) < 4.78 is 21.2. The average Bonchev–Trinajstić information content (AvgIpc) is 1.60. The Kier molecular flexibility index (Phi) is 30.0. The van der Waals surface area contributed by atoms with Crippen LogP contribution in [-0.4, -0.2) is 109 Å². The third-order valence-electron chi connectivity index (χ3n) is 21.3. The van der Waals surface area contributed by atoms with Crippen LogP contribution in [0.2, 0.25) is 0 Å². The number of aromatic hydroxyl groups is 4. The minimum Gasteiger partial charge on any atom is -0.505 e. The number of rotatable bonds is 24. The van der Waals surface area contributed by atoms with Crippen LogP contribution in [0.4, 0.5) is 67.1 Å². The second kappa shape index (κ2) is 43.5. The third kappa shape index (κ3) is 21.8. The van der Waals surface area contributed by atoms with Crippen LogP contribution in [0.5, 0.6) is 28.7 Å². The molecule has 17 aromatic rings. The highest BCUT2D eigenvalue weighted by Crippen LogP contribution is 2.48. The Morgan fingerprint density at radius 3 is 1.29 bits per heavy atom. The summed E-state index contributed by atoms with van der Waals surface area (Å²) in [6.45, 7) is 3.46. The maximum atomic E-state index is 13.2. The lowest BCUT2D eigenvalue weighted by Gasteiger charge is -2.12. The van der Waals surface area contributed by atoms with Crippen LogP contribution in [0, 0.1) is 6.92 Å². The van der Waals surface area contributed by atoms with Gasteiger partial charge >= 0.3 is 11.9 Å². The second-order valence-corrected chi connectivity index (χ2v) is 33.2. The monoisotopic (exact) mass is 1870 g/mol. The molecule has 13 aromatic carbocycles. The van der Waals surface area contributed by atoms with Crippen LogP contribution in [-0.2, 0) is 42.1 Å². The molecule has 4 heterocycles. The Morgan fingerprint density at radius 1 is 0.463 bits per heavy atom. The Bertz CT molecular complexity index is 7530. The van der Waals surface area contributed by atoms with Gasteiger partial charge in [0.05, 0.1) is 73.1 Å². The molecule has 0 bridgehead atoms. The summed E-state index contributed by atoms with van der Waals surface area (Å²) in [5.74, 6) is -2.72. The molecule has 0 spiro atoms. The summed E-state index contributed by atoms with van der Waals surface area (Å²) in [7, 11) is 2.87. The zero-order chi connectivity index (χ0) is 95.5. The first-order valence-electron chi connectivity index (χ1n) is 42.0. The van der Waals surface area contributed by atoms with E-state index in [-0.39, 0.29) is 105 Å². The van der Waals surface area contributed by atoms with E-state index >= 15 is 0 Å². The number of hydrogen-bond donors (Lipinski definition) is 11. The SMILES string of the molecule is CCOC(=O)c1c(N=Nc2c(O)c(C(=O)Nc3ccc(CO)cc3)cc3ccccc23)sc2c1CCCC2.COC(=O)c1sccc1N=Nc1c(O)c(C(=O)Nc2ccc(CO)cc2)cc2ccccc12.COc1ccc2sc(N=Nc3c(O)c(C(=O)Nc4ccc(CO)cc4)cc4ccccc34)nc2c1.Cc1cc(N=Nc2c(O)c(C(=O)Nc3ccc(C=O)cc3)cc3ccccc23)no1. The van der Waals surface area contributed by atoms with Crippen LogP contribution in [0.15, 0.2) is 300 Å². The molecule has 0 radical (unpaired) electrons. The molecule has 682 valence electrons. The number of methoxy groups -OCH3 is 2. The number of fused-ring (bicyclic) bond motifs is 6. The molecule has 18 rings (SSSR count). The number of aliphatic hydroxyl groups is 3. The number of phenolic OH excluding ortho intramolecular Hbond substituents is 4. The van der Waals surface area contributed by atoms with Gasteiger partial charge in [0.1, 0.15) is 56.7 Å². The van der Waals surface area contributed by atoms with Crippen LogP contribution >= 0.6 is 34.0 Å². The van der Waals surface area contributed by atoms with Gasteiger partial charge in [0, 0.05) is 66.9 Å². The quantitative estimate of drug-likeness (QED) is 0.0152. The Labute approximate surface area is 786 Å². The van der Waals surface area contributed by atoms with Gasteiger partial charge in [0.15, 0.2) is 28.0 Å². The van der Waals surface area contributed by atoms with Crippen LogP contribution in [0.1, 0.15) is 124 Å². The molecule has 1 aliphatic carbocycles. The zero-order valence-electron chi connectivity index (χ0n) is 72.8. The summed E-state index contributed by atoms with van der Waals surface area (Å²) in [5.41, 5.74) is 7.91. The predicted molar refractivity (Wildman–Crippen MR) is 520 cm³/mol. The molecule has 0 saturated heterocycles. The van der Waals surface area contributed by atoms with E-state index in [1.165, 1.54) is 41.1 Å². The molecule has 32 nitrogen and oxygen atoms in total. The van der Waals surface area contributed by atoms with E-state index in [1.807, 2.05) is 78.9 Å². The number of benzene rings is 13. The van der Waals surface area contributed by atoms with E-state index in [9.17, 15) is 69.3 Å². The lowest BCUT2D eigenvalue weighted by molar-refractivity contribution is 0.0524. The van der Waals surface area contributed by atoms with Crippen molar-refractivity contribution in [3.63, 3.8) is 0 Å². The van der Waals surface area contributed by atoms with Crippen molar-refractivity contribution in [1.29, 1.82) is 0 Å². The number of nitrogens with one attached hydrogen (secondary N) is 4. The van der Waals surface area contributed by atoms with Gasteiger partial charge in [-0.3, -0.25) is 24.0 Å². The van der Waals surface area contributed by atoms with Crippen molar-refractivity contribution < 1.29 is 88.0 Å². The molecule has 35 heteroatoms. The summed E-state index contributed by atoms with van der Waals surface area (Å²) in [6.07, 6.45) is 4.44. The fourth-order valence-electron chi connectivity index (χ4n) is 14.4. The molecule has 1 aliphatic rings. The first kappa shape index (κ1) is 93.8. The summed E-state index contributed by atoms with van der Waals surface area (Å²) >= 11 is 3.94. The molecule has 0 unspecified atom stereocenters. The molecule has 136 heavy (non-hydrogen) atoms. The maximum Gasteiger partial charge on any atom is 0.350 e. The summed E-state index contributed by atoms with van der Waals surface area (Å²) in [4.78, 5) is 93.3. The van der Waals surface area contributed by atoms with Crippen molar-refractivity contribution in [2.45, 2.75) is 59.4 Å². The number of aromatic nitrogens is 2. The molecular formula is C101H82N14O18S3. The van der Waals surface area contributed by atoms with E-state index in [1.54, 1.807) is 196 Å². The largest absolute Gasteiger partial charge is 0.505 e. The number of phenols is 4. The first-order chi connectivity index (χ1) is 66.1. The van der Waals surface area contributed by atoms with Crippen molar-refractivity contribution in [3.05, 3.63) is 325 Å². The Hall–Kier alpha value is -16.8. The van der Waals surface area contributed by atoms with Crippen molar-refractivity contribution in [3.8, 4) is 28.7 Å². The minimum atomic E-state index is -0.534. The van der Waals surface area contributed by atoms with Crippen LogP contribution in [0.25, 0.3) is 53.3 Å². The number of aryl methyl sites for hydroxylation is 2. The molecule has 0 aliphatic heterocycles. The number of azo groups is 4. The normalized spacial score (nSPS) is 11.7. The zero-order valence-corrected chi connectivity index (χ0v) is 75.3. The van der Waals surface area contributed by atoms with Crippen molar-refractivity contribution in [1.82, 2.24) is 10.1 Å². The molecular weight excluding hydrogens is 1790 g/mol. The lowest BCUT2D eigenvalue weighted by Crippen LogP contribution is -2.12. The summed E-state index contributed by atoms with van der Waals surface area (Å²) in [6, 6.07) is 70.7. The van der Waals surface area contributed by atoms with Crippen molar-refractivity contribution in [2.24, 2.45) is 40.9 Å². The van der Waals surface area contributed by atoms with Gasteiger partial charge in [-0.15, -0.1) is 63.6 Å². The number of nitrogens with zero attached hydrogens (tertiary/aromatic N) is 10. The van der Waals surface area contributed by atoms with Gasteiger partial charge in [0.25, 0.3) is 23.6 Å².